The van der Waals surface area contributed by atoms with Gasteiger partial charge in [0.1, 0.15) is 23.8 Å². The molecule has 3 aliphatic heterocycles. The molecule has 3 saturated heterocycles. The number of hydrogen-bond acceptors (Lipinski definition) is 9. The average molecular weight is 495 g/mol. The number of amides is 4. The molecule has 3 fully saturated rings. The maximum absolute atomic E-state index is 13.0. The van der Waals surface area contributed by atoms with Crippen molar-refractivity contribution in [2.45, 2.75) is 90.3 Å². The Morgan fingerprint density at radius 1 is 1.06 bits per heavy atom. The molecule has 0 saturated carbocycles. The largest absolute Gasteiger partial charge is 0.444 e. The molecule has 1 unspecified atom stereocenters. The van der Waals surface area contributed by atoms with Gasteiger partial charge in [0.05, 0.1) is 12.1 Å². The quantitative estimate of drug-likeness (QED) is 0.625. The Balaban J connectivity index is 1.45. The van der Waals surface area contributed by atoms with Gasteiger partial charge in [0.2, 0.25) is 11.8 Å². The lowest BCUT2D eigenvalue weighted by atomic mass is 10.0. The fourth-order valence-corrected chi connectivity index (χ4v) is 4.31. The third kappa shape index (κ3) is 5.44. The lowest BCUT2D eigenvalue weighted by Gasteiger charge is -2.44. The molecule has 2 atom stereocenters. The van der Waals surface area contributed by atoms with Crippen molar-refractivity contribution in [1.82, 2.24) is 30.0 Å². The van der Waals surface area contributed by atoms with Crippen molar-refractivity contribution in [3.05, 3.63) is 11.8 Å². The molecule has 1 N–H and O–H groups in total. The van der Waals surface area contributed by atoms with Crippen LogP contribution in [-0.4, -0.2) is 96.3 Å². The molecule has 0 spiro atoms. The topological polar surface area (TPSA) is 142 Å². The van der Waals surface area contributed by atoms with Gasteiger partial charge in [-0.3, -0.25) is 10.1 Å². The van der Waals surface area contributed by atoms with E-state index >= 15 is 0 Å². The van der Waals surface area contributed by atoms with Gasteiger partial charge in [-0.25, -0.2) is 19.4 Å². The molecule has 1 aromatic rings. The fourth-order valence-electron chi connectivity index (χ4n) is 4.31. The van der Waals surface area contributed by atoms with Crippen LogP contribution in [0.15, 0.2) is 4.42 Å². The zero-order chi connectivity index (χ0) is 25.7. The Morgan fingerprint density at radius 2 is 1.71 bits per heavy atom. The van der Waals surface area contributed by atoms with Crippen LogP contribution in [0, 0.1) is 0 Å². The Bertz CT molecular complexity index is 978. The summed E-state index contributed by atoms with van der Waals surface area (Å²) in [6, 6.07) is -1.45. The fraction of sp³-hybridized carbons (Fsp3) is 0.773. The number of fused-ring (bicyclic) bond motifs is 2. The summed E-state index contributed by atoms with van der Waals surface area (Å²) in [5, 5.41) is 18.9. The first-order valence-corrected chi connectivity index (χ1v) is 11.8. The first-order chi connectivity index (χ1) is 16.2. The van der Waals surface area contributed by atoms with Gasteiger partial charge in [-0.1, -0.05) is 0 Å². The Morgan fingerprint density at radius 3 is 2.34 bits per heavy atom. The van der Waals surface area contributed by atoms with E-state index in [1.165, 1.54) is 14.7 Å². The molecular weight excluding hydrogens is 460 g/mol. The molecule has 4 rings (SSSR count). The number of carbonyl (C=O) groups is 3. The van der Waals surface area contributed by atoms with Gasteiger partial charge < -0.3 is 23.7 Å². The third-order valence-corrected chi connectivity index (χ3v) is 6.00. The number of likely N-dealkylation sites (tertiary alicyclic amines) is 1. The number of aromatic nitrogens is 2. The van der Waals surface area contributed by atoms with E-state index < -0.39 is 35.5 Å². The molecule has 13 heteroatoms. The van der Waals surface area contributed by atoms with E-state index in [1.807, 2.05) is 0 Å². The highest BCUT2D eigenvalue weighted by Gasteiger charge is 2.47. The number of nitrogens with zero attached hydrogens (tertiary/aromatic N) is 6. The Hall–Kier alpha value is -3.09. The Labute approximate surface area is 203 Å². The van der Waals surface area contributed by atoms with Crippen LogP contribution in [0.5, 0.6) is 0 Å². The van der Waals surface area contributed by atoms with Gasteiger partial charge in [-0.2, -0.15) is 0 Å². The highest BCUT2D eigenvalue weighted by molar-refractivity contribution is 5.76. The third-order valence-electron chi connectivity index (χ3n) is 6.00. The van der Waals surface area contributed by atoms with E-state index in [2.05, 4.69) is 10.2 Å². The minimum atomic E-state index is -0.713. The minimum Gasteiger partial charge on any atom is -0.444 e. The molecule has 13 nitrogen and oxygen atoms in total. The second kappa shape index (κ2) is 8.85. The molecule has 1 aromatic heterocycles. The minimum absolute atomic E-state index is 0.00977. The SMILES string of the molecule is CC(C)(C)OC(=O)N1CC(N(Cc2nnc([C@@H]3CCC4CN3C(=O)N4O)o2)C(=O)OC(C)(C)C)C1. The number of carbonyl (C=O) groups excluding carboxylic acids is 3. The molecule has 194 valence electrons. The first-order valence-electron chi connectivity index (χ1n) is 11.8. The van der Waals surface area contributed by atoms with Crippen molar-refractivity contribution in [2.24, 2.45) is 0 Å². The summed E-state index contributed by atoms with van der Waals surface area (Å²) >= 11 is 0. The molecule has 35 heavy (non-hydrogen) atoms. The van der Waals surface area contributed by atoms with Crippen molar-refractivity contribution in [2.75, 3.05) is 19.6 Å². The first kappa shape index (κ1) is 25.0. The normalized spacial score (nSPS) is 22.8. The number of rotatable bonds is 4. The molecule has 0 aliphatic carbocycles. The summed E-state index contributed by atoms with van der Waals surface area (Å²) in [7, 11) is 0. The standard InChI is InChI=1S/C22H34N6O7/c1-21(2,3)34-19(30)25-9-14(10-25)26(20(31)35-22(4,5)6)12-16-23-24-17(33-16)15-8-7-13-11-27(15)18(29)28(13)32/h13-15,32H,7-12H2,1-6H3/t13?,15-/m0/s1. The van der Waals surface area contributed by atoms with E-state index in [0.29, 0.717) is 19.4 Å². The van der Waals surface area contributed by atoms with Crippen LogP contribution in [0.25, 0.3) is 0 Å². The molecule has 0 aromatic carbocycles. The molecule has 4 amide bonds. The number of piperidine rings is 1. The maximum Gasteiger partial charge on any atom is 0.411 e. The van der Waals surface area contributed by atoms with E-state index in [-0.39, 0.29) is 43.5 Å². The molecule has 3 aliphatic rings. The molecular formula is C22H34N6O7. The van der Waals surface area contributed by atoms with Crippen LogP contribution < -0.4 is 0 Å². The summed E-state index contributed by atoms with van der Waals surface area (Å²) in [5.74, 6) is 0.450. The summed E-state index contributed by atoms with van der Waals surface area (Å²) in [6.07, 6.45) is 0.200. The van der Waals surface area contributed by atoms with Gasteiger partial charge >= 0.3 is 18.2 Å². The van der Waals surface area contributed by atoms with Crippen LogP contribution in [0.3, 0.4) is 0 Å². The van der Waals surface area contributed by atoms with E-state index in [4.69, 9.17) is 13.9 Å². The predicted octanol–water partition coefficient (Wildman–Crippen LogP) is 2.76. The monoisotopic (exact) mass is 494 g/mol. The van der Waals surface area contributed by atoms with Crippen molar-refractivity contribution >= 4 is 18.2 Å². The molecule has 4 heterocycles. The van der Waals surface area contributed by atoms with Crippen LogP contribution in [-0.2, 0) is 16.0 Å². The van der Waals surface area contributed by atoms with Crippen LogP contribution in [0.1, 0.15) is 72.2 Å². The summed E-state index contributed by atoms with van der Waals surface area (Å²) < 4.78 is 16.8. The van der Waals surface area contributed by atoms with E-state index in [0.717, 1.165) is 5.06 Å². The van der Waals surface area contributed by atoms with Crippen LogP contribution >= 0.6 is 0 Å². The summed E-state index contributed by atoms with van der Waals surface area (Å²) in [6.45, 7) is 11.7. The van der Waals surface area contributed by atoms with Crippen molar-refractivity contribution in [1.29, 1.82) is 0 Å². The van der Waals surface area contributed by atoms with Crippen molar-refractivity contribution in [3.8, 4) is 0 Å². The van der Waals surface area contributed by atoms with Crippen LogP contribution in [0.2, 0.25) is 0 Å². The van der Waals surface area contributed by atoms with Crippen LogP contribution in [0.4, 0.5) is 14.4 Å². The second-order valence-electron chi connectivity index (χ2n) is 11.2. The number of urea groups is 1. The smallest absolute Gasteiger partial charge is 0.411 e. The van der Waals surface area contributed by atoms with Gasteiger partial charge in [0.15, 0.2) is 0 Å². The highest BCUT2D eigenvalue weighted by atomic mass is 16.6. The number of hydrogen-bond donors (Lipinski definition) is 1. The zero-order valence-electron chi connectivity index (χ0n) is 21.1. The predicted molar refractivity (Wildman–Crippen MR) is 119 cm³/mol. The van der Waals surface area contributed by atoms with Crippen molar-refractivity contribution < 1.29 is 33.5 Å². The van der Waals surface area contributed by atoms with Gasteiger partial charge in [-0.15, -0.1) is 10.2 Å². The van der Waals surface area contributed by atoms with E-state index in [1.54, 1.807) is 41.5 Å². The lowest BCUT2D eigenvalue weighted by Crippen LogP contribution is -2.63. The number of hydroxylamine groups is 2. The van der Waals surface area contributed by atoms with Gasteiger partial charge in [0.25, 0.3) is 0 Å². The summed E-state index contributed by atoms with van der Waals surface area (Å²) in [4.78, 5) is 42.1. The molecule has 0 radical (unpaired) electrons. The maximum atomic E-state index is 13.0. The van der Waals surface area contributed by atoms with Gasteiger partial charge in [-0.05, 0) is 54.4 Å². The lowest BCUT2D eigenvalue weighted by molar-refractivity contribution is -0.0584. The summed E-state index contributed by atoms with van der Waals surface area (Å²) in [5.41, 5.74) is -1.33. The molecule has 2 bridgehead atoms. The van der Waals surface area contributed by atoms with Crippen molar-refractivity contribution in [3.63, 3.8) is 0 Å². The van der Waals surface area contributed by atoms with E-state index in [9.17, 15) is 19.6 Å². The van der Waals surface area contributed by atoms with Gasteiger partial charge in [0, 0.05) is 19.6 Å². The zero-order valence-corrected chi connectivity index (χ0v) is 21.1. The average Bonchev–Trinajstić information content (AvgIpc) is 3.23. The Kier molecular flexibility index (Phi) is 6.32. The highest BCUT2D eigenvalue weighted by Crippen LogP contribution is 2.37. The second-order valence-corrected chi connectivity index (χ2v) is 11.2. The number of ether oxygens (including phenoxy) is 2.